The molecule has 0 aliphatic carbocycles. The average molecular weight is 289 g/mol. The zero-order valence-corrected chi connectivity index (χ0v) is 12.4. The van der Waals surface area contributed by atoms with Crippen LogP contribution in [0.5, 0.6) is 0 Å². The molecule has 1 aromatic rings. The summed E-state index contributed by atoms with van der Waals surface area (Å²) in [4.78, 5) is 15.4. The van der Waals surface area contributed by atoms with Gasteiger partial charge >= 0.3 is 0 Å². The number of likely N-dealkylation sites (tertiary alicyclic amines) is 1. The van der Waals surface area contributed by atoms with E-state index in [2.05, 4.69) is 0 Å². The highest BCUT2D eigenvalue weighted by atomic mass is 35.5. The molecule has 2 heterocycles. The van der Waals surface area contributed by atoms with Gasteiger partial charge in [-0.3, -0.25) is 4.79 Å². The summed E-state index contributed by atoms with van der Waals surface area (Å²) < 4.78 is 0. The van der Waals surface area contributed by atoms with Crippen molar-refractivity contribution < 1.29 is 4.79 Å². The molecule has 102 valence electrons. The van der Waals surface area contributed by atoms with Crippen molar-refractivity contribution in [3.05, 3.63) is 21.9 Å². The maximum atomic E-state index is 12.5. The van der Waals surface area contributed by atoms with Gasteiger partial charge in [-0.15, -0.1) is 23.7 Å². The van der Waals surface area contributed by atoms with Crippen molar-refractivity contribution in [2.45, 2.75) is 38.6 Å². The van der Waals surface area contributed by atoms with Gasteiger partial charge in [0.25, 0.3) is 5.91 Å². The largest absolute Gasteiger partial charge is 0.335 e. The summed E-state index contributed by atoms with van der Waals surface area (Å²) in [5, 5.41) is 1.99. The van der Waals surface area contributed by atoms with E-state index in [-0.39, 0.29) is 18.3 Å². The molecule has 1 atom stereocenters. The van der Waals surface area contributed by atoms with Gasteiger partial charge in [0.05, 0.1) is 4.88 Å². The minimum atomic E-state index is 0. The smallest absolute Gasteiger partial charge is 0.264 e. The first-order valence-electron chi connectivity index (χ1n) is 6.29. The molecule has 0 spiro atoms. The Labute approximate surface area is 119 Å². The lowest BCUT2D eigenvalue weighted by molar-refractivity contribution is 0.0609. The van der Waals surface area contributed by atoms with Crippen LogP contribution in [0, 0.1) is 6.92 Å². The van der Waals surface area contributed by atoms with E-state index in [4.69, 9.17) is 5.73 Å². The molecule has 1 aromatic heterocycles. The van der Waals surface area contributed by atoms with Crippen molar-refractivity contribution >= 4 is 29.7 Å². The van der Waals surface area contributed by atoms with E-state index in [1.807, 2.05) is 23.3 Å². The molecular formula is C13H21ClN2OS. The number of carbonyl (C=O) groups is 1. The van der Waals surface area contributed by atoms with Gasteiger partial charge in [-0.2, -0.15) is 0 Å². The maximum absolute atomic E-state index is 12.5. The number of piperidine rings is 1. The third-order valence-corrected chi connectivity index (χ3v) is 4.45. The van der Waals surface area contributed by atoms with Crippen molar-refractivity contribution in [1.82, 2.24) is 4.90 Å². The second kappa shape index (κ2) is 7.12. The minimum absolute atomic E-state index is 0. The molecule has 18 heavy (non-hydrogen) atoms. The quantitative estimate of drug-likeness (QED) is 0.930. The van der Waals surface area contributed by atoms with Gasteiger partial charge < -0.3 is 10.6 Å². The lowest BCUT2D eigenvalue weighted by Crippen LogP contribution is -2.44. The van der Waals surface area contributed by atoms with Crippen molar-refractivity contribution in [1.29, 1.82) is 0 Å². The lowest BCUT2D eigenvalue weighted by Gasteiger charge is -2.35. The molecule has 0 radical (unpaired) electrons. The molecule has 2 N–H and O–H groups in total. The number of carbonyl (C=O) groups excluding carboxylic acids is 1. The van der Waals surface area contributed by atoms with E-state index in [1.54, 1.807) is 11.3 Å². The van der Waals surface area contributed by atoms with Crippen LogP contribution in [0.2, 0.25) is 0 Å². The fourth-order valence-electron chi connectivity index (χ4n) is 2.48. The molecule has 1 aliphatic rings. The van der Waals surface area contributed by atoms with Gasteiger partial charge in [-0.25, -0.2) is 0 Å². The third-order valence-electron chi connectivity index (χ3n) is 3.44. The number of amides is 1. The first-order valence-corrected chi connectivity index (χ1v) is 7.17. The summed E-state index contributed by atoms with van der Waals surface area (Å²) in [6.45, 7) is 3.56. The van der Waals surface area contributed by atoms with E-state index in [0.717, 1.165) is 36.2 Å². The molecule has 2 rings (SSSR count). The Morgan fingerprint density at radius 3 is 2.94 bits per heavy atom. The summed E-state index contributed by atoms with van der Waals surface area (Å²) in [7, 11) is 0. The molecular weight excluding hydrogens is 268 g/mol. The van der Waals surface area contributed by atoms with Crippen molar-refractivity contribution in [3.8, 4) is 0 Å². The summed E-state index contributed by atoms with van der Waals surface area (Å²) in [6.07, 6.45) is 4.37. The first-order chi connectivity index (χ1) is 8.24. The summed E-state index contributed by atoms with van der Waals surface area (Å²) in [5.74, 6) is 0.204. The predicted octanol–water partition coefficient (Wildman–Crippen LogP) is 2.82. The maximum Gasteiger partial charge on any atom is 0.264 e. The second-order valence-corrected chi connectivity index (χ2v) is 5.57. The van der Waals surface area contributed by atoms with E-state index >= 15 is 0 Å². The summed E-state index contributed by atoms with van der Waals surface area (Å²) >= 11 is 1.55. The van der Waals surface area contributed by atoms with Crippen LogP contribution in [0.1, 0.15) is 40.9 Å². The highest BCUT2D eigenvalue weighted by molar-refractivity contribution is 7.12. The van der Waals surface area contributed by atoms with Crippen LogP contribution >= 0.6 is 23.7 Å². The molecule has 0 saturated carbocycles. The van der Waals surface area contributed by atoms with Crippen LogP contribution in [0.4, 0.5) is 0 Å². The number of aryl methyl sites for hydroxylation is 1. The zero-order valence-electron chi connectivity index (χ0n) is 10.7. The highest BCUT2D eigenvalue weighted by Gasteiger charge is 2.28. The molecule has 3 nitrogen and oxygen atoms in total. The number of hydrogen-bond donors (Lipinski definition) is 1. The van der Waals surface area contributed by atoms with E-state index < -0.39 is 0 Å². The first kappa shape index (κ1) is 15.5. The molecule has 1 fully saturated rings. The number of halogens is 1. The fourth-order valence-corrected chi connectivity index (χ4v) is 3.36. The Hall–Kier alpha value is -0.580. The Morgan fingerprint density at radius 2 is 2.33 bits per heavy atom. The summed E-state index contributed by atoms with van der Waals surface area (Å²) in [6, 6.07) is 2.36. The van der Waals surface area contributed by atoms with Crippen LogP contribution in [-0.4, -0.2) is 29.9 Å². The second-order valence-electron chi connectivity index (χ2n) is 4.66. The van der Waals surface area contributed by atoms with Gasteiger partial charge in [0.1, 0.15) is 0 Å². The SMILES string of the molecule is Cc1ccsc1C(=O)N1CCCCC1CCN.Cl. The number of thiophene rings is 1. The number of nitrogens with zero attached hydrogens (tertiary/aromatic N) is 1. The van der Waals surface area contributed by atoms with Gasteiger partial charge in [-0.05, 0) is 56.2 Å². The standard InChI is InChI=1S/C13H20N2OS.ClH/c1-10-6-9-17-12(10)13(16)15-8-3-2-4-11(15)5-7-14;/h6,9,11H,2-5,7-8,14H2,1H3;1H. The van der Waals surface area contributed by atoms with Gasteiger partial charge in [-0.1, -0.05) is 0 Å². The Bertz CT molecular complexity index is 392. The Morgan fingerprint density at radius 1 is 1.56 bits per heavy atom. The molecule has 0 aromatic carbocycles. The predicted molar refractivity (Wildman–Crippen MR) is 78.7 cm³/mol. The molecule has 1 saturated heterocycles. The van der Waals surface area contributed by atoms with Crippen LogP contribution < -0.4 is 5.73 Å². The minimum Gasteiger partial charge on any atom is -0.335 e. The van der Waals surface area contributed by atoms with Gasteiger partial charge in [0, 0.05) is 12.6 Å². The van der Waals surface area contributed by atoms with E-state index in [0.29, 0.717) is 12.6 Å². The molecule has 1 unspecified atom stereocenters. The van der Waals surface area contributed by atoms with Crippen LogP contribution in [0.15, 0.2) is 11.4 Å². The molecule has 1 amide bonds. The monoisotopic (exact) mass is 288 g/mol. The molecule has 5 heteroatoms. The topological polar surface area (TPSA) is 46.3 Å². The zero-order chi connectivity index (χ0) is 12.3. The van der Waals surface area contributed by atoms with Crippen LogP contribution in [0.3, 0.4) is 0 Å². The van der Waals surface area contributed by atoms with Crippen molar-refractivity contribution in [3.63, 3.8) is 0 Å². The van der Waals surface area contributed by atoms with Crippen molar-refractivity contribution in [2.24, 2.45) is 5.73 Å². The number of rotatable bonds is 3. The number of nitrogens with two attached hydrogens (primary N) is 1. The van der Waals surface area contributed by atoms with Crippen molar-refractivity contribution in [2.75, 3.05) is 13.1 Å². The van der Waals surface area contributed by atoms with Gasteiger partial charge in [0.2, 0.25) is 0 Å². The Kier molecular flexibility index (Phi) is 6.12. The molecule has 1 aliphatic heterocycles. The van der Waals surface area contributed by atoms with Gasteiger partial charge in [0.15, 0.2) is 0 Å². The third kappa shape index (κ3) is 3.25. The molecule has 0 bridgehead atoms. The Balaban J connectivity index is 0.00000162. The fraction of sp³-hybridized carbons (Fsp3) is 0.615. The number of hydrogen-bond acceptors (Lipinski definition) is 3. The lowest BCUT2D eigenvalue weighted by atomic mass is 9.99. The highest BCUT2D eigenvalue weighted by Crippen LogP contribution is 2.25. The van der Waals surface area contributed by atoms with Crippen LogP contribution in [-0.2, 0) is 0 Å². The van der Waals surface area contributed by atoms with E-state index in [9.17, 15) is 4.79 Å². The summed E-state index contributed by atoms with van der Waals surface area (Å²) in [5.41, 5.74) is 6.73. The van der Waals surface area contributed by atoms with E-state index in [1.165, 1.54) is 6.42 Å². The van der Waals surface area contributed by atoms with Crippen LogP contribution in [0.25, 0.3) is 0 Å². The average Bonchev–Trinajstić information content (AvgIpc) is 2.76. The normalized spacial score (nSPS) is 19.4.